The smallest absolute Gasteiger partial charge is 0.116 e. The van der Waals surface area contributed by atoms with Crippen LogP contribution in [0.3, 0.4) is 0 Å². The van der Waals surface area contributed by atoms with Crippen molar-refractivity contribution in [3.8, 4) is 22.6 Å². The molecule has 5 heterocycles. The normalized spacial score (nSPS) is 11.7. The molecule has 31 heavy (non-hydrogen) atoms. The van der Waals surface area contributed by atoms with Gasteiger partial charge in [-0.05, 0) is 30.7 Å². The molecule has 0 aliphatic carbocycles. The van der Waals surface area contributed by atoms with Crippen molar-refractivity contribution < 1.29 is 0 Å². The molecule has 0 saturated heterocycles. The summed E-state index contributed by atoms with van der Waals surface area (Å²) >= 11 is 0. The number of aromatic amines is 2. The lowest BCUT2D eigenvalue weighted by Gasteiger charge is -2.06. The number of nitrogens with one attached hydrogen (secondary N) is 2. The Morgan fingerprint density at radius 2 is 1.94 bits per heavy atom. The first-order valence-electron chi connectivity index (χ1n) is 9.77. The first kappa shape index (κ1) is 18.6. The molecule has 5 aromatic heterocycles. The van der Waals surface area contributed by atoms with E-state index in [1.54, 1.807) is 30.9 Å². The van der Waals surface area contributed by atoms with Crippen LogP contribution >= 0.6 is 0 Å². The van der Waals surface area contributed by atoms with E-state index >= 15 is 0 Å². The third kappa shape index (κ3) is 3.42. The molecule has 5 rings (SSSR count). The first-order chi connectivity index (χ1) is 15.2. The maximum Gasteiger partial charge on any atom is 0.116 e. The Kier molecular flexibility index (Phi) is 4.68. The van der Waals surface area contributed by atoms with Gasteiger partial charge < -0.3 is 4.98 Å². The lowest BCUT2D eigenvalue weighted by molar-refractivity contribution is 1.11. The van der Waals surface area contributed by atoms with Crippen molar-refractivity contribution in [2.24, 2.45) is 0 Å². The highest BCUT2D eigenvalue weighted by atomic mass is 15.1. The van der Waals surface area contributed by atoms with Crippen molar-refractivity contribution in [1.82, 2.24) is 35.1 Å². The molecule has 0 aliphatic rings. The summed E-state index contributed by atoms with van der Waals surface area (Å²) in [5.41, 5.74) is 8.44. The average molecular weight is 405 g/mol. The number of aryl methyl sites for hydroxylation is 1. The van der Waals surface area contributed by atoms with Gasteiger partial charge in [0.1, 0.15) is 12.0 Å². The van der Waals surface area contributed by atoms with Gasteiger partial charge in [-0.25, -0.2) is 9.97 Å². The molecule has 0 aliphatic heterocycles. The van der Waals surface area contributed by atoms with Crippen molar-refractivity contribution in [2.45, 2.75) is 6.92 Å². The van der Waals surface area contributed by atoms with E-state index in [4.69, 9.17) is 0 Å². The summed E-state index contributed by atoms with van der Waals surface area (Å²) in [6, 6.07) is 8.08. The molecule has 7 heteroatoms. The Bertz CT molecular complexity index is 1400. The van der Waals surface area contributed by atoms with E-state index < -0.39 is 0 Å². The summed E-state index contributed by atoms with van der Waals surface area (Å²) in [6.45, 7) is 5.93. The van der Waals surface area contributed by atoms with E-state index in [0.29, 0.717) is 0 Å². The molecule has 0 saturated carbocycles. The summed E-state index contributed by atoms with van der Waals surface area (Å²) in [7, 11) is 0. The van der Waals surface area contributed by atoms with Crippen LogP contribution in [0.1, 0.15) is 16.8 Å². The molecule has 2 N–H and O–H groups in total. The lowest BCUT2D eigenvalue weighted by atomic mass is 9.99. The molecular weight excluding hydrogens is 386 g/mol. The van der Waals surface area contributed by atoms with Crippen molar-refractivity contribution in [1.29, 1.82) is 0 Å². The molecule has 0 atom stereocenters. The number of nitrogens with zero attached hydrogens (tertiary/aromatic N) is 5. The largest absolute Gasteiger partial charge is 0.357 e. The number of hydrogen-bond donors (Lipinski definition) is 2. The second-order valence-electron chi connectivity index (χ2n) is 7.09. The van der Waals surface area contributed by atoms with Crippen LogP contribution in [0, 0.1) is 6.92 Å². The predicted molar refractivity (Wildman–Crippen MR) is 121 cm³/mol. The van der Waals surface area contributed by atoms with Crippen molar-refractivity contribution in [3.05, 3.63) is 97.1 Å². The van der Waals surface area contributed by atoms with Gasteiger partial charge in [-0.1, -0.05) is 24.8 Å². The quantitative estimate of drug-likeness (QED) is 0.412. The zero-order chi connectivity index (χ0) is 21.2. The minimum atomic E-state index is 0.793. The standard InChI is InChI=1S/C24H19N7/c1-3-5-18(16-6-4-7-25-10-16)19-8-22(29-15(19)2)24-20-9-21(17-11-26-14-27-12-17)28-13-23(20)30-31-24/h3-14,29H,1H2,2H3,(H,30,31)/b18-5-. The fourth-order valence-corrected chi connectivity index (χ4v) is 3.66. The van der Waals surface area contributed by atoms with Gasteiger partial charge >= 0.3 is 0 Å². The highest BCUT2D eigenvalue weighted by Gasteiger charge is 2.16. The summed E-state index contributed by atoms with van der Waals surface area (Å²) in [6.07, 6.45) is 14.2. The van der Waals surface area contributed by atoms with Crippen LogP contribution in [0.15, 0.2) is 80.3 Å². The predicted octanol–water partition coefficient (Wildman–Crippen LogP) is 4.73. The number of allylic oxidation sites excluding steroid dienone is 2. The lowest BCUT2D eigenvalue weighted by Crippen LogP contribution is -1.89. The topological polar surface area (TPSA) is 96.0 Å². The minimum absolute atomic E-state index is 0.793. The molecule has 0 unspecified atom stereocenters. The second kappa shape index (κ2) is 7.79. The number of hydrogen-bond acceptors (Lipinski definition) is 5. The van der Waals surface area contributed by atoms with E-state index in [2.05, 4.69) is 54.7 Å². The van der Waals surface area contributed by atoms with Crippen molar-refractivity contribution in [3.63, 3.8) is 0 Å². The van der Waals surface area contributed by atoms with E-state index in [9.17, 15) is 0 Å². The van der Waals surface area contributed by atoms with Gasteiger partial charge in [0.2, 0.25) is 0 Å². The Labute approximate surface area is 178 Å². The number of fused-ring (bicyclic) bond motifs is 1. The summed E-state index contributed by atoms with van der Waals surface area (Å²) in [5, 5.41) is 8.60. The monoisotopic (exact) mass is 405 g/mol. The molecule has 0 amide bonds. The molecule has 0 fully saturated rings. The van der Waals surface area contributed by atoms with E-state index in [1.165, 1.54) is 6.33 Å². The maximum absolute atomic E-state index is 4.55. The Morgan fingerprint density at radius 3 is 2.71 bits per heavy atom. The summed E-state index contributed by atoms with van der Waals surface area (Å²) < 4.78 is 0. The van der Waals surface area contributed by atoms with Crippen LogP contribution in [0.5, 0.6) is 0 Å². The molecule has 0 spiro atoms. The van der Waals surface area contributed by atoms with Gasteiger partial charge in [0.15, 0.2) is 0 Å². The minimum Gasteiger partial charge on any atom is -0.357 e. The molecule has 0 radical (unpaired) electrons. The van der Waals surface area contributed by atoms with Crippen LogP contribution < -0.4 is 0 Å². The molecule has 0 bridgehead atoms. The fraction of sp³-hybridized carbons (Fsp3) is 0.0417. The van der Waals surface area contributed by atoms with E-state index in [1.807, 2.05) is 30.5 Å². The Balaban J connectivity index is 1.62. The van der Waals surface area contributed by atoms with Crippen LogP contribution in [-0.4, -0.2) is 35.1 Å². The molecule has 0 aromatic carbocycles. The van der Waals surface area contributed by atoms with Crippen LogP contribution in [0.25, 0.3) is 39.1 Å². The van der Waals surface area contributed by atoms with Crippen LogP contribution in [-0.2, 0) is 0 Å². The zero-order valence-corrected chi connectivity index (χ0v) is 16.9. The third-order valence-electron chi connectivity index (χ3n) is 5.12. The number of rotatable bonds is 5. The number of aromatic nitrogens is 7. The highest BCUT2D eigenvalue weighted by Crippen LogP contribution is 2.33. The van der Waals surface area contributed by atoms with E-state index in [0.717, 1.165) is 55.9 Å². The first-order valence-corrected chi connectivity index (χ1v) is 9.77. The van der Waals surface area contributed by atoms with Gasteiger partial charge in [0, 0.05) is 52.6 Å². The van der Waals surface area contributed by atoms with Crippen molar-refractivity contribution >= 4 is 16.5 Å². The molecule has 5 aromatic rings. The third-order valence-corrected chi connectivity index (χ3v) is 5.12. The summed E-state index contributed by atoms with van der Waals surface area (Å²) in [5.74, 6) is 0. The Morgan fingerprint density at radius 1 is 1.06 bits per heavy atom. The number of H-pyrrole nitrogens is 2. The fourth-order valence-electron chi connectivity index (χ4n) is 3.66. The summed E-state index contributed by atoms with van der Waals surface area (Å²) in [4.78, 5) is 20.4. The van der Waals surface area contributed by atoms with Gasteiger partial charge in [-0.3, -0.25) is 15.1 Å². The van der Waals surface area contributed by atoms with Gasteiger partial charge in [0.25, 0.3) is 0 Å². The highest BCUT2D eigenvalue weighted by molar-refractivity contribution is 5.95. The maximum atomic E-state index is 4.55. The second-order valence-corrected chi connectivity index (χ2v) is 7.09. The van der Waals surface area contributed by atoms with Gasteiger partial charge in [0.05, 0.1) is 23.1 Å². The number of pyridine rings is 2. The SMILES string of the molecule is C=C/C=C(/c1cccnc1)c1cc(-c2n[nH]c3cnc(-c4cncnc4)cc23)[nH]c1C. The Hall–Kier alpha value is -4.39. The van der Waals surface area contributed by atoms with Crippen LogP contribution in [0.4, 0.5) is 0 Å². The van der Waals surface area contributed by atoms with Crippen molar-refractivity contribution in [2.75, 3.05) is 0 Å². The zero-order valence-electron chi connectivity index (χ0n) is 16.9. The van der Waals surface area contributed by atoms with Crippen LogP contribution in [0.2, 0.25) is 0 Å². The van der Waals surface area contributed by atoms with Gasteiger partial charge in [-0.2, -0.15) is 5.10 Å². The average Bonchev–Trinajstić information content (AvgIpc) is 3.41. The van der Waals surface area contributed by atoms with Gasteiger partial charge in [-0.15, -0.1) is 0 Å². The molecule has 7 nitrogen and oxygen atoms in total. The molecular formula is C24H19N7. The molecule has 150 valence electrons. The van der Waals surface area contributed by atoms with E-state index in [-0.39, 0.29) is 0 Å².